The first-order valence-electron chi connectivity index (χ1n) is 33.6. The fourth-order valence-corrected chi connectivity index (χ4v) is 8.65. The third-order valence-electron chi connectivity index (χ3n) is 13.7. The zero-order valence-electron chi connectivity index (χ0n) is 53.4. The van der Waals surface area contributed by atoms with E-state index in [1.807, 2.05) is 0 Å². The maximum Gasteiger partial charge on any atom is 0.306 e. The van der Waals surface area contributed by atoms with Crippen LogP contribution < -0.4 is 0 Å². The third kappa shape index (κ3) is 67.4. The molecule has 0 aliphatic heterocycles. The van der Waals surface area contributed by atoms with Crippen molar-refractivity contribution in [2.24, 2.45) is 0 Å². The van der Waals surface area contributed by atoms with Gasteiger partial charge in [0.15, 0.2) is 6.10 Å². The van der Waals surface area contributed by atoms with E-state index in [0.717, 1.165) is 167 Å². The lowest BCUT2D eigenvalue weighted by molar-refractivity contribution is -0.167. The van der Waals surface area contributed by atoms with Crippen LogP contribution in [0.25, 0.3) is 0 Å². The van der Waals surface area contributed by atoms with E-state index < -0.39 is 6.10 Å². The van der Waals surface area contributed by atoms with Crippen molar-refractivity contribution in [1.29, 1.82) is 0 Å². The predicted molar refractivity (Wildman–Crippen MR) is 361 cm³/mol. The monoisotopic (exact) mass is 1140 g/mol. The molecule has 1 atom stereocenters. The van der Waals surface area contributed by atoms with E-state index in [0.29, 0.717) is 19.3 Å². The van der Waals surface area contributed by atoms with Gasteiger partial charge in [-0.05, 0) is 161 Å². The normalized spacial score (nSPS) is 13.2. The van der Waals surface area contributed by atoms with E-state index in [2.05, 4.69) is 191 Å². The van der Waals surface area contributed by atoms with Crippen molar-refractivity contribution in [1.82, 2.24) is 0 Å². The lowest BCUT2D eigenvalue weighted by Crippen LogP contribution is -2.30. The number of esters is 3. The van der Waals surface area contributed by atoms with E-state index in [1.165, 1.54) is 64.2 Å². The SMILES string of the molecule is CC/C=C\C/C=C\C/C=C\C/C=C\C/C=C\C/C=C\C/C=C\C/C=C\C/C=C\C/C=C\CCCCC(=O)OCC(COC(=O)CCCCCCC/C=C\C/C=C\CCCCCC)OC(=O)CCCCCCC/C=C\C/C=C\CCCCCC. The van der Waals surface area contributed by atoms with E-state index in [-0.39, 0.29) is 37.5 Å². The smallest absolute Gasteiger partial charge is 0.306 e. The number of hydrogen-bond acceptors (Lipinski definition) is 6. The van der Waals surface area contributed by atoms with Crippen LogP contribution in [0, 0.1) is 0 Å². The quantitative estimate of drug-likeness (QED) is 0.0261. The minimum atomic E-state index is -0.819. The Kier molecular flexibility index (Phi) is 64.9. The van der Waals surface area contributed by atoms with Gasteiger partial charge in [0.2, 0.25) is 0 Å². The summed E-state index contributed by atoms with van der Waals surface area (Å²) in [4.78, 5) is 38.3. The van der Waals surface area contributed by atoms with Gasteiger partial charge in [0.05, 0.1) is 0 Å². The largest absolute Gasteiger partial charge is 0.462 e. The lowest BCUT2D eigenvalue weighted by atomic mass is 10.1. The second-order valence-corrected chi connectivity index (χ2v) is 21.6. The molecule has 6 heteroatoms. The Morgan fingerprint density at radius 1 is 0.253 bits per heavy atom. The van der Waals surface area contributed by atoms with Gasteiger partial charge in [-0.15, -0.1) is 0 Å². The average molecular weight is 1140 g/mol. The zero-order chi connectivity index (χ0) is 59.9. The maximum atomic E-state index is 12.9. The van der Waals surface area contributed by atoms with Crippen LogP contribution in [0.1, 0.15) is 278 Å². The van der Waals surface area contributed by atoms with Crippen LogP contribution in [0.15, 0.2) is 170 Å². The number of unbranched alkanes of at least 4 members (excludes halogenated alkanes) is 20. The van der Waals surface area contributed by atoms with Gasteiger partial charge in [-0.3, -0.25) is 14.4 Å². The van der Waals surface area contributed by atoms with Gasteiger partial charge in [0, 0.05) is 19.3 Å². The Labute approximate surface area is 511 Å². The van der Waals surface area contributed by atoms with Gasteiger partial charge in [0.25, 0.3) is 0 Å². The van der Waals surface area contributed by atoms with E-state index in [1.54, 1.807) is 0 Å². The highest BCUT2D eigenvalue weighted by Crippen LogP contribution is 2.13. The number of carbonyl (C=O) groups excluding carboxylic acids is 3. The molecule has 0 fully saturated rings. The fourth-order valence-electron chi connectivity index (χ4n) is 8.65. The summed E-state index contributed by atoms with van der Waals surface area (Å²) in [5.74, 6) is -0.986. The fraction of sp³-hybridized carbons (Fsp3) is 0.597. The zero-order valence-corrected chi connectivity index (χ0v) is 53.4. The molecular formula is C77H122O6. The minimum absolute atomic E-state index is 0.111. The molecule has 83 heavy (non-hydrogen) atoms. The second kappa shape index (κ2) is 69.3. The van der Waals surface area contributed by atoms with Crippen molar-refractivity contribution in [3.8, 4) is 0 Å². The molecular weight excluding hydrogens is 1020 g/mol. The highest BCUT2D eigenvalue weighted by atomic mass is 16.6. The van der Waals surface area contributed by atoms with Crippen LogP contribution in [0.4, 0.5) is 0 Å². The van der Waals surface area contributed by atoms with E-state index >= 15 is 0 Å². The molecule has 0 aliphatic rings. The Bertz CT molecular complexity index is 1890. The van der Waals surface area contributed by atoms with Crippen LogP contribution >= 0.6 is 0 Å². The lowest BCUT2D eigenvalue weighted by Gasteiger charge is -2.18. The molecule has 0 rings (SSSR count). The first kappa shape index (κ1) is 77.8. The number of rotatable bonds is 59. The van der Waals surface area contributed by atoms with Crippen molar-refractivity contribution in [3.63, 3.8) is 0 Å². The summed E-state index contributed by atoms with van der Waals surface area (Å²) in [5, 5.41) is 0. The van der Waals surface area contributed by atoms with Gasteiger partial charge in [0.1, 0.15) is 13.2 Å². The van der Waals surface area contributed by atoms with Gasteiger partial charge < -0.3 is 14.2 Å². The van der Waals surface area contributed by atoms with Crippen molar-refractivity contribution in [2.75, 3.05) is 13.2 Å². The molecule has 0 N–H and O–H groups in total. The minimum Gasteiger partial charge on any atom is -0.462 e. The molecule has 1 unspecified atom stereocenters. The summed E-state index contributed by atoms with van der Waals surface area (Å²) in [5.41, 5.74) is 0. The molecule has 0 aromatic rings. The Balaban J connectivity index is 4.45. The van der Waals surface area contributed by atoms with Gasteiger partial charge >= 0.3 is 17.9 Å². The van der Waals surface area contributed by atoms with Gasteiger partial charge in [-0.2, -0.15) is 0 Å². The van der Waals surface area contributed by atoms with E-state index in [4.69, 9.17) is 14.2 Å². The summed E-state index contributed by atoms with van der Waals surface area (Å²) >= 11 is 0. The Hall–Kier alpha value is -5.23. The van der Waals surface area contributed by atoms with Gasteiger partial charge in [-0.25, -0.2) is 0 Å². The van der Waals surface area contributed by atoms with Crippen LogP contribution in [0.2, 0.25) is 0 Å². The molecule has 0 heterocycles. The molecule has 0 aromatic heterocycles. The predicted octanol–water partition coefficient (Wildman–Crippen LogP) is 23.4. The molecule has 6 nitrogen and oxygen atoms in total. The highest BCUT2D eigenvalue weighted by molar-refractivity contribution is 5.71. The third-order valence-corrected chi connectivity index (χ3v) is 13.7. The van der Waals surface area contributed by atoms with Gasteiger partial charge in [-0.1, -0.05) is 268 Å². The summed E-state index contributed by atoms with van der Waals surface area (Å²) < 4.78 is 16.9. The Morgan fingerprint density at radius 2 is 0.470 bits per heavy atom. The molecule has 0 amide bonds. The van der Waals surface area contributed by atoms with Crippen LogP contribution in [0.3, 0.4) is 0 Å². The molecule has 0 spiro atoms. The van der Waals surface area contributed by atoms with Crippen molar-refractivity contribution < 1.29 is 28.6 Å². The molecule has 0 saturated carbocycles. The summed E-state index contributed by atoms with van der Waals surface area (Å²) in [7, 11) is 0. The molecule has 0 radical (unpaired) electrons. The number of hydrogen-bond donors (Lipinski definition) is 0. The van der Waals surface area contributed by atoms with Crippen molar-refractivity contribution in [2.45, 2.75) is 284 Å². The maximum absolute atomic E-state index is 12.9. The molecule has 0 bridgehead atoms. The standard InChI is InChI=1S/C77H122O6/c1-4-7-10-13-16-19-22-25-28-31-32-33-34-35-36-37-38-39-40-41-42-43-44-45-46-47-50-52-55-58-61-64-67-70-76(79)82-73-74(83-77(80)71-68-65-62-59-56-53-49-30-27-24-21-18-15-12-9-6-3)72-81-75(78)69-66-63-60-57-54-51-48-29-26-23-20-17-14-11-8-5-2/h7,10,16,19-21,23-25,28-30,32-33,35-36,38-39,41-42,44-45,47-50,55,58,74H,4-6,8-9,11-15,17-18,22,26-27,31,34,37,40,43,46,51-54,56-57,59-73H2,1-3H3/b10-7-,19-16-,23-20-,24-21-,28-25-,33-32-,36-35-,39-38-,42-41-,45-44-,48-29-,49-30-,50-47-,58-55-. The number of allylic oxidation sites excluding steroid dienone is 28. The first-order chi connectivity index (χ1) is 41.0. The number of carbonyl (C=O) groups is 3. The molecule has 466 valence electrons. The topological polar surface area (TPSA) is 78.9 Å². The second-order valence-electron chi connectivity index (χ2n) is 21.6. The van der Waals surface area contributed by atoms with Crippen LogP contribution in [-0.4, -0.2) is 37.2 Å². The van der Waals surface area contributed by atoms with E-state index in [9.17, 15) is 14.4 Å². The highest BCUT2D eigenvalue weighted by Gasteiger charge is 2.19. The van der Waals surface area contributed by atoms with Crippen LogP contribution in [0.5, 0.6) is 0 Å². The molecule has 0 aliphatic carbocycles. The summed E-state index contributed by atoms with van der Waals surface area (Å²) in [6.07, 6.45) is 102. The first-order valence-corrected chi connectivity index (χ1v) is 33.6. The van der Waals surface area contributed by atoms with Crippen molar-refractivity contribution >= 4 is 17.9 Å². The summed E-state index contributed by atoms with van der Waals surface area (Å²) in [6, 6.07) is 0. The summed E-state index contributed by atoms with van der Waals surface area (Å²) in [6.45, 7) is 6.43. The Morgan fingerprint density at radius 3 is 0.759 bits per heavy atom. The average Bonchev–Trinajstić information content (AvgIpc) is 3.49. The van der Waals surface area contributed by atoms with Crippen molar-refractivity contribution in [3.05, 3.63) is 170 Å². The molecule has 0 aromatic carbocycles. The molecule has 0 saturated heterocycles. The van der Waals surface area contributed by atoms with Crippen LogP contribution in [-0.2, 0) is 28.6 Å². The number of ether oxygens (including phenoxy) is 3.